The maximum absolute atomic E-state index is 10.3. The number of benzene rings is 1. The van der Waals surface area contributed by atoms with E-state index in [0.29, 0.717) is 23.6 Å². The van der Waals surface area contributed by atoms with Gasteiger partial charge in [0.25, 0.3) is 5.89 Å². The molecule has 0 spiro atoms. The smallest absolute Gasteiger partial charge is 0.290 e. The summed E-state index contributed by atoms with van der Waals surface area (Å²) in [6.45, 7) is 0. The lowest BCUT2D eigenvalue weighted by Crippen LogP contribution is -1.90. The van der Waals surface area contributed by atoms with Crippen LogP contribution in [0.1, 0.15) is 22.1 Å². The number of carbonyl (C=O) groups is 1. The molecule has 2 aromatic rings. The molecule has 4 nitrogen and oxygen atoms in total. The summed E-state index contributed by atoms with van der Waals surface area (Å²) < 4.78 is 4.65. The first-order valence-electron chi connectivity index (χ1n) is 4.30. The Hall–Kier alpha value is -1.68. The molecule has 0 saturated heterocycles. The predicted molar refractivity (Wildman–Crippen MR) is 53.9 cm³/mol. The molecule has 0 saturated carbocycles. The van der Waals surface area contributed by atoms with Crippen molar-refractivity contribution in [3.63, 3.8) is 0 Å². The monoisotopic (exact) mass is 222 g/mol. The standard InChI is InChI=1S/C10H7ClN2O2/c11-8-3-1-2-7(4-8)5-9-12-10(6-14)15-13-9/h1-4,6H,5H2. The fraction of sp³-hybridized carbons (Fsp3) is 0.100. The molecule has 0 N–H and O–H groups in total. The van der Waals surface area contributed by atoms with Gasteiger partial charge in [0.05, 0.1) is 0 Å². The maximum atomic E-state index is 10.3. The Morgan fingerprint density at radius 3 is 3.00 bits per heavy atom. The van der Waals surface area contributed by atoms with Gasteiger partial charge in [-0.15, -0.1) is 0 Å². The topological polar surface area (TPSA) is 56.0 Å². The average molecular weight is 223 g/mol. The number of halogens is 1. The molecule has 1 heterocycles. The van der Waals surface area contributed by atoms with E-state index in [-0.39, 0.29) is 5.89 Å². The number of hydrogen-bond acceptors (Lipinski definition) is 4. The van der Waals surface area contributed by atoms with Gasteiger partial charge >= 0.3 is 0 Å². The fourth-order valence-corrected chi connectivity index (χ4v) is 1.43. The second-order valence-electron chi connectivity index (χ2n) is 2.97. The van der Waals surface area contributed by atoms with Crippen molar-refractivity contribution in [1.29, 1.82) is 0 Å². The van der Waals surface area contributed by atoms with Gasteiger partial charge < -0.3 is 4.52 Å². The molecule has 0 bridgehead atoms. The van der Waals surface area contributed by atoms with Gasteiger partial charge in [0.15, 0.2) is 5.82 Å². The van der Waals surface area contributed by atoms with Gasteiger partial charge in [-0.25, -0.2) is 0 Å². The highest BCUT2D eigenvalue weighted by Crippen LogP contribution is 2.13. The van der Waals surface area contributed by atoms with E-state index < -0.39 is 0 Å². The Labute approximate surface area is 90.9 Å². The number of hydrogen-bond donors (Lipinski definition) is 0. The Bertz CT molecular complexity index is 482. The summed E-state index contributed by atoms with van der Waals surface area (Å²) >= 11 is 5.82. The Balaban J connectivity index is 2.18. The van der Waals surface area contributed by atoms with Crippen LogP contribution < -0.4 is 0 Å². The summed E-state index contributed by atoms with van der Waals surface area (Å²) in [4.78, 5) is 14.2. The van der Waals surface area contributed by atoms with Gasteiger partial charge in [-0.1, -0.05) is 28.9 Å². The van der Waals surface area contributed by atoms with E-state index in [9.17, 15) is 4.79 Å². The van der Waals surface area contributed by atoms with Gasteiger partial charge in [0.2, 0.25) is 6.29 Å². The molecule has 0 aliphatic heterocycles. The van der Waals surface area contributed by atoms with Crippen molar-refractivity contribution in [3.05, 3.63) is 46.6 Å². The van der Waals surface area contributed by atoms with E-state index in [2.05, 4.69) is 14.7 Å². The minimum Gasteiger partial charge on any atom is -0.331 e. The first-order valence-corrected chi connectivity index (χ1v) is 4.68. The Morgan fingerprint density at radius 1 is 1.47 bits per heavy atom. The van der Waals surface area contributed by atoms with Crippen LogP contribution in [0.4, 0.5) is 0 Å². The van der Waals surface area contributed by atoms with Gasteiger partial charge in [-0.05, 0) is 17.7 Å². The number of carbonyl (C=O) groups excluding carboxylic acids is 1. The second-order valence-corrected chi connectivity index (χ2v) is 3.41. The van der Waals surface area contributed by atoms with Crippen LogP contribution in [-0.2, 0) is 6.42 Å². The minimum absolute atomic E-state index is 0.00738. The molecule has 0 atom stereocenters. The zero-order valence-electron chi connectivity index (χ0n) is 7.68. The van der Waals surface area contributed by atoms with Crippen molar-refractivity contribution >= 4 is 17.9 Å². The molecular formula is C10H7ClN2O2. The fourth-order valence-electron chi connectivity index (χ4n) is 1.22. The average Bonchev–Trinajstić information content (AvgIpc) is 2.65. The number of aldehydes is 1. The zero-order valence-corrected chi connectivity index (χ0v) is 8.44. The van der Waals surface area contributed by atoms with Gasteiger partial charge in [0.1, 0.15) is 0 Å². The molecule has 15 heavy (non-hydrogen) atoms. The number of nitrogens with zero attached hydrogens (tertiary/aromatic N) is 2. The highest BCUT2D eigenvalue weighted by Gasteiger charge is 2.05. The summed E-state index contributed by atoms with van der Waals surface area (Å²) in [6, 6.07) is 7.36. The van der Waals surface area contributed by atoms with Crippen molar-refractivity contribution in [1.82, 2.24) is 10.1 Å². The lowest BCUT2D eigenvalue weighted by molar-refractivity contribution is 0.108. The predicted octanol–water partition coefficient (Wildman–Crippen LogP) is 2.13. The summed E-state index contributed by atoms with van der Waals surface area (Å²) in [5, 5.41) is 4.31. The number of aromatic nitrogens is 2. The third-order valence-electron chi connectivity index (χ3n) is 1.84. The van der Waals surface area contributed by atoms with Crippen LogP contribution in [0, 0.1) is 0 Å². The van der Waals surface area contributed by atoms with E-state index in [1.807, 2.05) is 18.2 Å². The molecule has 1 aromatic carbocycles. The largest absolute Gasteiger partial charge is 0.331 e. The molecule has 0 unspecified atom stereocenters. The SMILES string of the molecule is O=Cc1nc(Cc2cccc(Cl)c2)no1. The maximum Gasteiger partial charge on any atom is 0.290 e. The summed E-state index contributed by atoms with van der Waals surface area (Å²) in [6.07, 6.45) is 1.02. The first kappa shape index (κ1) is 9.86. The van der Waals surface area contributed by atoms with E-state index in [1.165, 1.54) is 0 Å². The summed E-state index contributed by atoms with van der Waals surface area (Å²) in [5.41, 5.74) is 0.973. The van der Waals surface area contributed by atoms with Crippen LogP contribution >= 0.6 is 11.6 Å². The molecule has 2 rings (SSSR count). The second kappa shape index (κ2) is 4.23. The quantitative estimate of drug-likeness (QED) is 0.747. The first-order chi connectivity index (χ1) is 7.28. The summed E-state index contributed by atoms with van der Waals surface area (Å²) in [5.74, 6) is 0.464. The molecular weight excluding hydrogens is 216 g/mol. The highest BCUT2D eigenvalue weighted by molar-refractivity contribution is 6.30. The van der Waals surface area contributed by atoms with E-state index in [4.69, 9.17) is 11.6 Å². The van der Waals surface area contributed by atoms with Crippen LogP contribution in [0.3, 0.4) is 0 Å². The van der Waals surface area contributed by atoms with Crippen molar-refractivity contribution in [3.8, 4) is 0 Å². The molecule has 0 amide bonds. The summed E-state index contributed by atoms with van der Waals surface area (Å²) in [7, 11) is 0. The van der Waals surface area contributed by atoms with Crippen molar-refractivity contribution in [2.75, 3.05) is 0 Å². The lowest BCUT2D eigenvalue weighted by Gasteiger charge is -1.96. The lowest BCUT2D eigenvalue weighted by atomic mass is 10.1. The molecule has 1 aromatic heterocycles. The van der Waals surface area contributed by atoms with Gasteiger partial charge in [-0.3, -0.25) is 4.79 Å². The van der Waals surface area contributed by atoms with Gasteiger partial charge in [0, 0.05) is 11.4 Å². The molecule has 0 aliphatic rings. The Kier molecular flexibility index (Phi) is 2.78. The van der Waals surface area contributed by atoms with Crippen LogP contribution in [0.5, 0.6) is 0 Å². The number of rotatable bonds is 3. The normalized spacial score (nSPS) is 10.2. The Morgan fingerprint density at radius 2 is 2.33 bits per heavy atom. The van der Waals surface area contributed by atoms with E-state index in [1.54, 1.807) is 6.07 Å². The highest BCUT2D eigenvalue weighted by atomic mass is 35.5. The molecule has 0 radical (unpaired) electrons. The van der Waals surface area contributed by atoms with E-state index in [0.717, 1.165) is 5.56 Å². The third kappa shape index (κ3) is 2.41. The zero-order chi connectivity index (χ0) is 10.7. The molecule has 5 heteroatoms. The van der Waals surface area contributed by atoms with Gasteiger partial charge in [-0.2, -0.15) is 4.98 Å². The van der Waals surface area contributed by atoms with Crippen LogP contribution in [0.2, 0.25) is 5.02 Å². The van der Waals surface area contributed by atoms with Crippen LogP contribution in [0.25, 0.3) is 0 Å². The van der Waals surface area contributed by atoms with Crippen LogP contribution in [0.15, 0.2) is 28.8 Å². The molecule has 0 aliphatic carbocycles. The molecule has 0 fully saturated rings. The van der Waals surface area contributed by atoms with Crippen LogP contribution in [-0.4, -0.2) is 16.4 Å². The van der Waals surface area contributed by atoms with Crippen molar-refractivity contribution in [2.24, 2.45) is 0 Å². The van der Waals surface area contributed by atoms with Crippen molar-refractivity contribution < 1.29 is 9.32 Å². The van der Waals surface area contributed by atoms with E-state index >= 15 is 0 Å². The molecule has 76 valence electrons. The third-order valence-corrected chi connectivity index (χ3v) is 2.07. The van der Waals surface area contributed by atoms with Crippen molar-refractivity contribution in [2.45, 2.75) is 6.42 Å². The minimum atomic E-state index is -0.00738.